The molecule has 0 bridgehead atoms. The summed E-state index contributed by atoms with van der Waals surface area (Å²) in [5.74, 6) is 0.496. The highest BCUT2D eigenvalue weighted by Gasteiger charge is 2.40. The van der Waals surface area contributed by atoms with E-state index in [0.717, 1.165) is 19.4 Å². The number of hydrogen-bond acceptors (Lipinski definition) is 2. The van der Waals surface area contributed by atoms with E-state index in [1.54, 1.807) is 0 Å². The first-order valence-corrected chi connectivity index (χ1v) is 6.02. The molecule has 0 radical (unpaired) electrons. The maximum Gasteiger partial charge on any atom is 0.236 e. The standard InChI is InChI=1S/C12H24N2O.ClH/c1-4-12(5-6-12)8-14-11(15)10(13)7-9(2)3;/h9-10H,4-8,13H2,1-3H3,(H,14,15);1H/t10-;/m0./s1. The second kappa shape index (κ2) is 6.45. The molecule has 0 aromatic rings. The fourth-order valence-corrected chi connectivity index (χ4v) is 1.85. The molecule has 0 aliphatic heterocycles. The second-order valence-corrected chi connectivity index (χ2v) is 5.31. The van der Waals surface area contributed by atoms with E-state index in [1.165, 1.54) is 12.8 Å². The van der Waals surface area contributed by atoms with Crippen LogP contribution in [-0.2, 0) is 4.79 Å². The Balaban J connectivity index is 0.00000225. The summed E-state index contributed by atoms with van der Waals surface area (Å²) < 4.78 is 0. The van der Waals surface area contributed by atoms with Gasteiger partial charge in [0.15, 0.2) is 0 Å². The molecule has 1 aliphatic rings. The van der Waals surface area contributed by atoms with Crippen LogP contribution in [0.4, 0.5) is 0 Å². The van der Waals surface area contributed by atoms with Gasteiger partial charge in [-0.1, -0.05) is 20.8 Å². The molecule has 1 aliphatic carbocycles. The smallest absolute Gasteiger partial charge is 0.236 e. The zero-order valence-corrected chi connectivity index (χ0v) is 11.4. The molecule has 0 spiro atoms. The van der Waals surface area contributed by atoms with E-state index in [-0.39, 0.29) is 24.4 Å². The highest BCUT2D eigenvalue weighted by molar-refractivity contribution is 5.85. The van der Waals surface area contributed by atoms with Crippen LogP contribution >= 0.6 is 12.4 Å². The van der Waals surface area contributed by atoms with Crippen molar-refractivity contribution < 1.29 is 4.79 Å². The van der Waals surface area contributed by atoms with Gasteiger partial charge in [-0.15, -0.1) is 12.4 Å². The van der Waals surface area contributed by atoms with Crippen molar-refractivity contribution in [3.63, 3.8) is 0 Å². The van der Waals surface area contributed by atoms with Crippen LogP contribution in [-0.4, -0.2) is 18.5 Å². The van der Waals surface area contributed by atoms with Crippen LogP contribution in [0.15, 0.2) is 0 Å². The van der Waals surface area contributed by atoms with Gasteiger partial charge in [-0.2, -0.15) is 0 Å². The Morgan fingerprint density at radius 1 is 1.44 bits per heavy atom. The van der Waals surface area contributed by atoms with Gasteiger partial charge in [0, 0.05) is 6.54 Å². The maximum atomic E-state index is 11.6. The molecule has 1 saturated carbocycles. The summed E-state index contributed by atoms with van der Waals surface area (Å²) >= 11 is 0. The normalized spacial score (nSPS) is 18.8. The molecule has 1 fully saturated rings. The molecule has 3 nitrogen and oxygen atoms in total. The van der Waals surface area contributed by atoms with E-state index in [9.17, 15) is 4.79 Å². The Morgan fingerprint density at radius 3 is 2.38 bits per heavy atom. The number of rotatable bonds is 6. The topological polar surface area (TPSA) is 55.1 Å². The molecule has 3 N–H and O–H groups in total. The Kier molecular flexibility index (Phi) is 6.34. The summed E-state index contributed by atoms with van der Waals surface area (Å²) in [6.07, 6.45) is 4.43. The third-order valence-corrected chi connectivity index (χ3v) is 3.41. The minimum Gasteiger partial charge on any atom is -0.354 e. The van der Waals surface area contributed by atoms with Crippen LogP contribution in [0.1, 0.15) is 46.5 Å². The average Bonchev–Trinajstić information content (AvgIpc) is 2.94. The molecule has 0 aromatic carbocycles. The van der Waals surface area contributed by atoms with Crippen molar-refractivity contribution in [3.05, 3.63) is 0 Å². The number of halogens is 1. The molecule has 0 saturated heterocycles. The Hall–Kier alpha value is -0.280. The molecule has 16 heavy (non-hydrogen) atoms. The summed E-state index contributed by atoms with van der Waals surface area (Å²) in [7, 11) is 0. The number of carbonyl (C=O) groups is 1. The first kappa shape index (κ1) is 15.7. The molecule has 96 valence electrons. The van der Waals surface area contributed by atoms with Gasteiger partial charge in [0.05, 0.1) is 6.04 Å². The van der Waals surface area contributed by atoms with Crippen LogP contribution in [0, 0.1) is 11.3 Å². The predicted octanol–water partition coefficient (Wildman–Crippen LogP) is 2.09. The highest BCUT2D eigenvalue weighted by atomic mass is 35.5. The van der Waals surface area contributed by atoms with Crippen LogP contribution in [0.25, 0.3) is 0 Å². The minimum absolute atomic E-state index is 0. The van der Waals surface area contributed by atoms with Gasteiger partial charge in [0.1, 0.15) is 0 Å². The van der Waals surface area contributed by atoms with Crippen LogP contribution in [0.2, 0.25) is 0 Å². The predicted molar refractivity (Wildman–Crippen MR) is 69.6 cm³/mol. The Bertz CT molecular complexity index is 227. The van der Waals surface area contributed by atoms with Crippen molar-refractivity contribution in [2.45, 2.75) is 52.5 Å². The van der Waals surface area contributed by atoms with E-state index in [2.05, 4.69) is 26.1 Å². The van der Waals surface area contributed by atoms with Gasteiger partial charge in [-0.3, -0.25) is 4.79 Å². The lowest BCUT2D eigenvalue weighted by atomic mass is 10.0. The molecule has 4 heteroatoms. The summed E-state index contributed by atoms with van der Waals surface area (Å²) in [5.41, 5.74) is 6.21. The van der Waals surface area contributed by atoms with Gasteiger partial charge in [0.25, 0.3) is 0 Å². The van der Waals surface area contributed by atoms with E-state index >= 15 is 0 Å². The van der Waals surface area contributed by atoms with E-state index < -0.39 is 0 Å². The van der Waals surface area contributed by atoms with E-state index in [0.29, 0.717) is 11.3 Å². The first-order valence-electron chi connectivity index (χ1n) is 6.02. The zero-order chi connectivity index (χ0) is 11.5. The molecule has 0 unspecified atom stereocenters. The number of amides is 1. The second-order valence-electron chi connectivity index (χ2n) is 5.31. The zero-order valence-electron chi connectivity index (χ0n) is 10.6. The average molecular weight is 249 g/mol. The van der Waals surface area contributed by atoms with Crippen molar-refractivity contribution in [1.82, 2.24) is 5.32 Å². The largest absolute Gasteiger partial charge is 0.354 e. The van der Waals surface area contributed by atoms with Crippen LogP contribution in [0.3, 0.4) is 0 Å². The minimum atomic E-state index is -0.336. The number of hydrogen-bond donors (Lipinski definition) is 2. The lowest BCUT2D eigenvalue weighted by Crippen LogP contribution is -2.43. The number of nitrogens with two attached hydrogens (primary N) is 1. The lowest BCUT2D eigenvalue weighted by molar-refractivity contribution is -0.122. The summed E-state index contributed by atoms with van der Waals surface area (Å²) in [5, 5.41) is 2.98. The first-order chi connectivity index (χ1) is 6.99. The summed E-state index contributed by atoms with van der Waals surface area (Å²) in [6, 6.07) is -0.336. The fourth-order valence-electron chi connectivity index (χ4n) is 1.85. The summed E-state index contributed by atoms with van der Waals surface area (Å²) in [4.78, 5) is 11.6. The molecule has 1 rings (SSSR count). The summed E-state index contributed by atoms with van der Waals surface area (Å²) in [6.45, 7) is 7.17. The quantitative estimate of drug-likeness (QED) is 0.756. The number of nitrogens with one attached hydrogen (secondary N) is 1. The lowest BCUT2D eigenvalue weighted by Gasteiger charge is -2.17. The van der Waals surface area contributed by atoms with E-state index in [4.69, 9.17) is 5.73 Å². The van der Waals surface area contributed by atoms with Gasteiger partial charge in [-0.25, -0.2) is 0 Å². The molecule has 1 amide bonds. The maximum absolute atomic E-state index is 11.6. The molecular weight excluding hydrogens is 224 g/mol. The number of carbonyl (C=O) groups excluding carboxylic acids is 1. The Morgan fingerprint density at radius 2 is 2.00 bits per heavy atom. The SMILES string of the molecule is CCC1(CNC(=O)[C@@H](N)CC(C)C)CC1.Cl. The van der Waals surface area contributed by atoms with Crippen molar-refractivity contribution in [2.75, 3.05) is 6.54 Å². The van der Waals surface area contributed by atoms with Gasteiger partial charge in [-0.05, 0) is 37.0 Å². The van der Waals surface area contributed by atoms with Crippen molar-refractivity contribution in [3.8, 4) is 0 Å². The van der Waals surface area contributed by atoms with Crippen molar-refractivity contribution in [1.29, 1.82) is 0 Å². The Labute approximate surface area is 105 Å². The third kappa shape index (κ3) is 4.71. The van der Waals surface area contributed by atoms with E-state index in [1.807, 2.05) is 0 Å². The monoisotopic (exact) mass is 248 g/mol. The fraction of sp³-hybridized carbons (Fsp3) is 0.917. The van der Waals surface area contributed by atoms with Gasteiger partial charge in [0.2, 0.25) is 5.91 Å². The van der Waals surface area contributed by atoms with Gasteiger partial charge < -0.3 is 11.1 Å². The van der Waals surface area contributed by atoms with Crippen LogP contribution < -0.4 is 11.1 Å². The molecular formula is C12H25ClN2O. The highest BCUT2D eigenvalue weighted by Crippen LogP contribution is 2.47. The van der Waals surface area contributed by atoms with Crippen molar-refractivity contribution in [2.24, 2.45) is 17.1 Å². The van der Waals surface area contributed by atoms with Crippen molar-refractivity contribution >= 4 is 18.3 Å². The third-order valence-electron chi connectivity index (χ3n) is 3.41. The molecule has 0 heterocycles. The molecule has 0 aromatic heterocycles. The molecule has 1 atom stereocenters. The van der Waals surface area contributed by atoms with Crippen LogP contribution in [0.5, 0.6) is 0 Å². The van der Waals surface area contributed by atoms with Gasteiger partial charge >= 0.3 is 0 Å².